The third kappa shape index (κ3) is 3.16. The van der Waals surface area contributed by atoms with Gasteiger partial charge in [-0.3, -0.25) is 9.40 Å². The van der Waals surface area contributed by atoms with Gasteiger partial charge in [0.1, 0.15) is 11.6 Å². The Labute approximate surface area is 139 Å². The number of hydrogen-bond acceptors (Lipinski definition) is 3. The number of benzene rings is 2. The van der Waals surface area contributed by atoms with Crippen LogP contribution in [0.15, 0.2) is 59.5 Å². The number of halogens is 1. The quantitative estimate of drug-likeness (QED) is 0.789. The van der Waals surface area contributed by atoms with E-state index >= 15 is 0 Å². The van der Waals surface area contributed by atoms with Crippen LogP contribution in [0.2, 0.25) is 0 Å². The van der Waals surface area contributed by atoms with Gasteiger partial charge in [0.2, 0.25) is 0 Å². The van der Waals surface area contributed by atoms with Crippen molar-refractivity contribution in [2.24, 2.45) is 7.05 Å². The number of nitrogens with one attached hydrogen (secondary N) is 1. The molecule has 0 unspecified atom stereocenters. The molecule has 24 heavy (non-hydrogen) atoms. The third-order valence-corrected chi connectivity index (χ3v) is 5.12. The first-order valence-corrected chi connectivity index (χ1v) is 8.73. The third-order valence-electron chi connectivity index (χ3n) is 3.63. The van der Waals surface area contributed by atoms with E-state index in [0.29, 0.717) is 17.1 Å². The molecule has 0 saturated heterocycles. The fourth-order valence-electron chi connectivity index (χ4n) is 2.37. The molecule has 0 atom stereocenters. The Bertz CT molecular complexity index is 982. The summed E-state index contributed by atoms with van der Waals surface area (Å²) < 4.78 is 42.4. The van der Waals surface area contributed by atoms with E-state index in [9.17, 15) is 12.8 Å². The van der Waals surface area contributed by atoms with Crippen LogP contribution >= 0.6 is 0 Å². The van der Waals surface area contributed by atoms with Crippen LogP contribution in [-0.2, 0) is 17.1 Å². The highest BCUT2D eigenvalue weighted by molar-refractivity contribution is 7.92. The van der Waals surface area contributed by atoms with Crippen LogP contribution in [0.3, 0.4) is 0 Å². The van der Waals surface area contributed by atoms with E-state index in [2.05, 4.69) is 9.82 Å². The minimum Gasteiger partial charge on any atom is -0.264 e. The second kappa shape index (κ2) is 6.09. The van der Waals surface area contributed by atoms with Gasteiger partial charge in [-0.2, -0.15) is 5.10 Å². The summed E-state index contributed by atoms with van der Waals surface area (Å²) in [6, 6.07) is 14.7. The van der Waals surface area contributed by atoms with Crippen molar-refractivity contribution in [1.29, 1.82) is 0 Å². The molecule has 3 aromatic rings. The molecular weight excluding hydrogens is 329 g/mol. The Balaban J connectivity index is 1.96. The molecule has 1 aromatic heterocycles. The zero-order valence-corrected chi connectivity index (χ0v) is 14.0. The van der Waals surface area contributed by atoms with Crippen molar-refractivity contribution in [2.75, 3.05) is 4.72 Å². The minimum atomic E-state index is -3.91. The molecule has 0 bridgehead atoms. The average Bonchev–Trinajstić information content (AvgIpc) is 2.91. The van der Waals surface area contributed by atoms with Crippen molar-refractivity contribution in [3.8, 4) is 11.3 Å². The Hall–Kier alpha value is -2.67. The first-order chi connectivity index (χ1) is 11.4. The van der Waals surface area contributed by atoms with Crippen LogP contribution < -0.4 is 4.72 Å². The summed E-state index contributed by atoms with van der Waals surface area (Å²) in [6.07, 6.45) is 0. The highest BCUT2D eigenvalue weighted by Gasteiger charge is 2.20. The van der Waals surface area contributed by atoms with Gasteiger partial charge in [-0.15, -0.1) is 0 Å². The largest absolute Gasteiger partial charge is 0.264 e. The van der Waals surface area contributed by atoms with Crippen LogP contribution in [-0.4, -0.2) is 18.2 Å². The Morgan fingerprint density at radius 3 is 2.50 bits per heavy atom. The molecule has 0 aliphatic rings. The highest BCUT2D eigenvalue weighted by atomic mass is 32.2. The average molecular weight is 345 g/mol. The van der Waals surface area contributed by atoms with E-state index in [-0.39, 0.29) is 4.90 Å². The molecule has 0 aliphatic heterocycles. The molecule has 0 saturated carbocycles. The fourth-order valence-corrected chi connectivity index (χ4v) is 3.70. The summed E-state index contributed by atoms with van der Waals surface area (Å²) in [7, 11) is -2.27. The molecule has 2 aromatic carbocycles. The van der Waals surface area contributed by atoms with Crippen LogP contribution in [0.5, 0.6) is 0 Å². The topological polar surface area (TPSA) is 64.0 Å². The summed E-state index contributed by atoms with van der Waals surface area (Å²) in [6.45, 7) is 1.62. The monoisotopic (exact) mass is 345 g/mol. The smallest absolute Gasteiger partial charge is 0.263 e. The van der Waals surface area contributed by atoms with Crippen molar-refractivity contribution in [3.05, 3.63) is 66.0 Å². The number of sulfonamides is 1. The standard InChI is InChI=1S/C17H16FN3O2S/c1-12-8-9-14(18)10-16(12)24(22,23)20-17-11-15(19-21(17)2)13-6-4-3-5-7-13/h3-11,20H,1-2H3. The SMILES string of the molecule is Cc1ccc(F)cc1S(=O)(=O)Nc1cc(-c2ccccc2)nn1C. The Kier molecular flexibility index (Phi) is 4.11. The normalized spacial score (nSPS) is 11.5. The molecule has 0 radical (unpaired) electrons. The van der Waals surface area contributed by atoms with Gasteiger partial charge in [-0.05, 0) is 24.6 Å². The molecule has 1 N–H and O–H groups in total. The lowest BCUT2D eigenvalue weighted by Gasteiger charge is -2.10. The number of rotatable bonds is 4. The van der Waals surface area contributed by atoms with E-state index in [1.807, 2.05) is 30.3 Å². The maximum Gasteiger partial charge on any atom is 0.263 e. The van der Waals surface area contributed by atoms with Crippen LogP contribution in [0.4, 0.5) is 10.2 Å². The summed E-state index contributed by atoms with van der Waals surface area (Å²) in [5.41, 5.74) is 1.99. The molecule has 5 nitrogen and oxygen atoms in total. The van der Waals surface area contributed by atoms with Crippen LogP contribution in [0.1, 0.15) is 5.56 Å². The summed E-state index contributed by atoms with van der Waals surface area (Å²) >= 11 is 0. The molecule has 1 heterocycles. The van der Waals surface area contributed by atoms with E-state index in [1.54, 1.807) is 20.0 Å². The van der Waals surface area contributed by atoms with E-state index in [4.69, 9.17) is 0 Å². The van der Waals surface area contributed by atoms with Gasteiger partial charge in [0.25, 0.3) is 10.0 Å². The van der Waals surface area contributed by atoms with Gasteiger partial charge in [-0.1, -0.05) is 36.4 Å². The summed E-state index contributed by atoms with van der Waals surface area (Å²) in [4.78, 5) is -0.0926. The van der Waals surface area contributed by atoms with Gasteiger partial charge in [0.15, 0.2) is 0 Å². The summed E-state index contributed by atoms with van der Waals surface area (Å²) in [5, 5.41) is 4.31. The number of aromatic nitrogens is 2. The van der Waals surface area contributed by atoms with Gasteiger partial charge in [0.05, 0.1) is 10.6 Å². The molecule has 3 rings (SSSR count). The van der Waals surface area contributed by atoms with E-state index in [1.165, 1.54) is 16.8 Å². The first kappa shape index (κ1) is 16.2. The number of nitrogens with zero attached hydrogens (tertiary/aromatic N) is 2. The molecule has 0 aliphatic carbocycles. The molecule has 0 fully saturated rings. The zero-order valence-electron chi connectivity index (χ0n) is 13.2. The van der Waals surface area contributed by atoms with E-state index in [0.717, 1.165) is 11.6 Å². The highest BCUT2D eigenvalue weighted by Crippen LogP contribution is 2.24. The first-order valence-electron chi connectivity index (χ1n) is 7.25. The van der Waals surface area contributed by atoms with Gasteiger partial charge >= 0.3 is 0 Å². The Morgan fingerprint density at radius 2 is 1.79 bits per heavy atom. The summed E-state index contributed by atoms with van der Waals surface area (Å²) in [5.74, 6) is -0.298. The van der Waals surface area contributed by atoms with Crippen LogP contribution in [0, 0.1) is 12.7 Å². The molecule has 0 spiro atoms. The molecule has 124 valence electrons. The zero-order chi connectivity index (χ0) is 17.3. The molecule has 0 amide bonds. The molecular formula is C17H16FN3O2S. The predicted molar refractivity (Wildman–Crippen MR) is 90.6 cm³/mol. The number of hydrogen-bond donors (Lipinski definition) is 1. The van der Waals surface area contributed by atoms with Crippen molar-refractivity contribution in [1.82, 2.24) is 9.78 Å². The lowest BCUT2D eigenvalue weighted by atomic mass is 10.2. The van der Waals surface area contributed by atoms with Gasteiger partial charge in [0, 0.05) is 18.7 Å². The molecule has 7 heteroatoms. The minimum absolute atomic E-state index is 0.0926. The van der Waals surface area contributed by atoms with Gasteiger partial charge in [-0.25, -0.2) is 12.8 Å². The number of aryl methyl sites for hydroxylation is 2. The van der Waals surface area contributed by atoms with Crippen LogP contribution in [0.25, 0.3) is 11.3 Å². The van der Waals surface area contributed by atoms with Crippen molar-refractivity contribution >= 4 is 15.8 Å². The number of anilines is 1. The van der Waals surface area contributed by atoms with Crippen molar-refractivity contribution in [3.63, 3.8) is 0 Å². The lowest BCUT2D eigenvalue weighted by Crippen LogP contribution is -2.16. The predicted octanol–water partition coefficient (Wildman–Crippen LogP) is 3.34. The van der Waals surface area contributed by atoms with E-state index < -0.39 is 15.8 Å². The van der Waals surface area contributed by atoms with Crippen molar-refractivity contribution in [2.45, 2.75) is 11.8 Å². The van der Waals surface area contributed by atoms with Crippen molar-refractivity contribution < 1.29 is 12.8 Å². The fraction of sp³-hybridized carbons (Fsp3) is 0.118. The Morgan fingerprint density at radius 1 is 1.08 bits per heavy atom. The second-order valence-corrected chi connectivity index (χ2v) is 7.07. The maximum absolute atomic E-state index is 13.4. The lowest BCUT2D eigenvalue weighted by molar-refractivity contribution is 0.593. The maximum atomic E-state index is 13.4. The van der Waals surface area contributed by atoms with Gasteiger partial charge < -0.3 is 0 Å². The second-order valence-electron chi connectivity index (χ2n) is 5.42.